The van der Waals surface area contributed by atoms with E-state index < -0.39 is 6.16 Å². The van der Waals surface area contributed by atoms with Gasteiger partial charge in [-0.2, -0.15) is 0 Å². The van der Waals surface area contributed by atoms with Crippen molar-refractivity contribution in [1.82, 2.24) is 5.32 Å². The lowest BCUT2D eigenvalue weighted by Crippen LogP contribution is -2.46. The Morgan fingerprint density at radius 1 is 1.21 bits per heavy atom. The number of carbonyl (C=O) groups is 1. The number of amidine groups is 1. The predicted octanol–water partition coefficient (Wildman–Crippen LogP) is 5.57. The molecule has 34 heavy (non-hydrogen) atoms. The van der Waals surface area contributed by atoms with Gasteiger partial charge in [0.25, 0.3) is 6.26 Å². The summed E-state index contributed by atoms with van der Waals surface area (Å²) in [5.74, 6) is 0.905. The number of rotatable bonds is 2. The minimum absolute atomic E-state index is 0.0252. The second kappa shape index (κ2) is 12.9. The molecule has 0 radical (unpaired) electrons. The Bertz CT molecular complexity index is 1070. The Morgan fingerprint density at radius 3 is 2.35 bits per heavy atom. The van der Waals surface area contributed by atoms with Crippen LogP contribution in [0.25, 0.3) is 5.57 Å². The highest BCUT2D eigenvalue weighted by Gasteiger charge is 2.36. The van der Waals surface area contributed by atoms with Crippen molar-refractivity contribution < 1.29 is 19.4 Å². The largest absolute Gasteiger partial charge is 0.521 e. The van der Waals surface area contributed by atoms with E-state index in [9.17, 15) is 0 Å². The number of para-hydroxylation sites is 1. The van der Waals surface area contributed by atoms with Crippen molar-refractivity contribution in [1.29, 1.82) is 16.2 Å². The molecule has 0 saturated carbocycles. The maximum absolute atomic E-state index is 9.15. The standard InChI is InChI=1S/C20H20N4O.C3H8.C2HNO3/c21-19(24-22)15-7-5-14(6-8-15)17-13-20(9-11-23-12-10-20)25-18-4-2-1-3-16(17)18;1-3-2;3-1-6-2(4)5/h1-8,13,21-23H,9-12H2;3H2,1-2H3;(H,4,5). The van der Waals surface area contributed by atoms with E-state index in [1.807, 2.05) is 42.5 Å². The topological polar surface area (TPSA) is 152 Å². The van der Waals surface area contributed by atoms with Crippen LogP contribution >= 0.6 is 0 Å². The fourth-order valence-corrected chi connectivity index (χ4v) is 3.61. The van der Waals surface area contributed by atoms with Gasteiger partial charge < -0.3 is 19.9 Å². The van der Waals surface area contributed by atoms with Crippen molar-refractivity contribution >= 4 is 17.6 Å². The Hall–Kier alpha value is -4.03. The zero-order chi connectivity index (χ0) is 25.0. The second-order valence-corrected chi connectivity index (χ2v) is 7.68. The van der Waals surface area contributed by atoms with E-state index in [-0.39, 0.29) is 11.4 Å². The first-order chi connectivity index (χ1) is 16.4. The molecule has 1 spiro atoms. The molecular formula is C25H29N5O4. The monoisotopic (exact) mass is 463 g/mol. The predicted molar refractivity (Wildman–Crippen MR) is 128 cm³/mol. The number of piperidine rings is 1. The molecule has 0 unspecified atom stereocenters. The number of fused-ring (bicyclic) bond motifs is 1. The molecule has 2 aromatic carbocycles. The van der Waals surface area contributed by atoms with Gasteiger partial charge in [0.2, 0.25) is 0 Å². The molecule has 0 aliphatic carbocycles. The fourth-order valence-electron chi connectivity index (χ4n) is 3.61. The van der Waals surface area contributed by atoms with Gasteiger partial charge in [-0.05, 0) is 36.4 Å². The van der Waals surface area contributed by atoms with Crippen LogP contribution in [0.3, 0.4) is 0 Å². The average molecular weight is 464 g/mol. The molecule has 1 saturated heterocycles. The summed E-state index contributed by atoms with van der Waals surface area (Å²) in [5, 5.41) is 29.1. The van der Waals surface area contributed by atoms with Crippen LogP contribution in [0, 0.1) is 22.5 Å². The zero-order valence-electron chi connectivity index (χ0n) is 19.3. The average Bonchev–Trinajstić information content (AvgIpc) is 2.84. The molecule has 1 fully saturated rings. The van der Waals surface area contributed by atoms with Crippen LogP contribution in [0.5, 0.6) is 5.75 Å². The number of benzene rings is 2. The molecule has 2 aromatic rings. The number of nitrogens with one attached hydrogen (secondary N) is 3. The second-order valence-electron chi connectivity index (χ2n) is 7.68. The molecule has 2 aliphatic rings. The van der Waals surface area contributed by atoms with E-state index in [0.717, 1.165) is 49.1 Å². The molecule has 0 amide bonds. The van der Waals surface area contributed by atoms with E-state index in [2.05, 4.69) is 41.2 Å². The van der Waals surface area contributed by atoms with Crippen LogP contribution in [0.4, 0.5) is 4.79 Å². The van der Waals surface area contributed by atoms with Gasteiger partial charge >= 0.3 is 6.16 Å². The summed E-state index contributed by atoms with van der Waals surface area (Å²) in [5.41, 5.74) is 10.7. The molecule has 0 aromatic heterocycles. The van der Waals surface area contributed by atoms with Gasteiger partial charge in [-0.15, -0.1) is 10.4 Å². The lowest BCUT2D eigenvalue weighted by atomic mass is 9.83. The SMILES string of the molecule is CCC.N#COC(=O)O.N=NC(=N)c1ccc(C2=CC3(CCNCC3)Oc3ccccc32)cc1. The number of ether oxygens (including phenoxy) is 2. The lowest BCUT2D eigenvalue weighted by molar-refractivity contribution is 0.0817. The molecule has 2 heterocycles. The Labute approximate surface area is 199 Å². The summed E-state index contributed by atoms with van der Waals surface area (Å²) in [4.78, 5) is 9.15. The van der Waals surface area contributed by atoms with Gasteiger partial charge in [-0.3, -0.25) is 5.41 Å². The fraction of sp³-hybridized carbons (Fsp3) is 0.320. The van der Waals surface area contributed by atoms with Gasteiger partial charge in [0.1, 0.15) is 11.4 Å². The van der Waals surface area contributed by atoms with Gasteiger partial charge in [0, 0.05) is 24.0 Å². The van der Waals surface area contributed by atoms with Crippen molar-refractivity contribution in [2.24, 2.45) is 5.11 Å². The van der Waals surface area contributed by atoms with Crippen molar-refractivity contribution in [3.63, 3.8) is 0 Å². The molecule has 9 nitrogen and oxygen atoms in total. The molecule has 4 N–H and O–H groups in total. The van der Waals surface area contributed by atoms with Crippen molar-refractivity contribution in [3.8, 4) is 12.0 Å². The first kappa shape index (κ1) is 26.2. The molecule has 9 heteroatoms. The Morgan fingerprint density at radius 2 is 1.82 bits per heavy atom. The summed E-state index contributed by atoms with van der Waals surface area (Å²) in [6.07, 6.45) is 4.81. The number of carboxylic acid groups (broad SMARTS) is 1. The summed E-state index contributed by atoms with van der Waals surface area (Å²) in [6, 6.07) is 15.9. The van der Waals surface area contributed by atoms with E-state index in [0.29, 0.717) is 5.56 Å². The minimum Gasteiger partial charge on any atom is -0.482 e. The van der Waals surface area contributed by atoms with Gasteiger partial charge in [0.05, 0.1) is 0 Å². The first-order valence-electron chi connectivity index (χ1n) is 11.0. The van der Waals surface area contributed by atoms with Crippen LogP contribution in [0.2, 0.25) is 0 Å². The smallest absolute Gasteiger partial charge is 0.482 e. The third-order valence-corrected chi connectivity index (χ3v) is 5.06. The molecule has 178 valence electrons. The van der Waals surface area contributed by atoms with Crippen LogP contribution in [0.15, 0.2) is 59.7 Å². The summed E-state index contributed by atoms with van der Waals surface area (Å²) in [6.45, 7) is 6.15. The molecule has 2 aliphatic heterocycles. The van der Waals surface area contributed by atoms with Crippen molar-refractivity contribution in [3.05, 3.63) is 71.3 Å². The van der Waals surface area contributed by atoms with Gasteiger partial charge in [-0.25, -0.2) is 10.3 Å². The molecule has 0 bridgehead atoms. The van der Waals surface area contributed by atoms with Crippen LogP contribution < -0.4 is 10.1 Å². The zero-order valence-corrected chi connectivity index (χ0v) is 19.3. The number of nitriles is 1. The van der Waals surface area contributed by atoms with Crippen LogP contribution in [-0.4, -0.2) is 35.8 Å². The van der Waals surface area contributed by atoms with Crippen molar-refractivity contribution in [2.45, 2.75) is 38.7 Å². The summed E-state index contributed by atoms with van der Waals surface area (Å²) in [7, 11) is 0. The van der Waals surface area contributed by atoms with Crippen LogP contribution in [0.1, 0.15) is 49.8 Å². The summed E-state index contributed by atoms with van der Waals surface area (Å²) < 4.78 is 9.67. The number of hydrogen-bond donors (Lipinski definition) is 4. The number of nitrogens with zero attached hydrogens (tertiary/aromatic N) is 2. The Kier molecular flexibility index (Phi) is 9.92. The molecule has 0 atom stereocenters. The van der Waals surface area contributed by atoms with Crippen molar-refractivity contribution in [2.75, 3.05) is 13.1 Å². The maximum atomic E-state index is 9.15. The minimum atomic E-state index is -1.57. The Balaban J connectivity index is 0.000000391. The quantitative estimate of drug-likeness (QED) is 0.150. The van der Waals surface area contributed by atoms with E-state index in [1.54, 1.807) is 0 Å². The number of hydrogen-bond acceptors (Lipinski definition) is 7. The highest BCUT2D eigenvalue weighted by molar-refractivity contribution is 5.97. The highest BCUT2D eigenvalue weighted by atomic mass is 16.7. The third kappa shape index (κ3) is 6.98. The van der Waals surface area contributed by atoms with Crippen LogP contribution in [-0.2, 0) is 4.74 Å². The molecular weight excluding hydrogens is 434 g/mol. The normalized spacial score (nSPS) is 14.8. The van der Waals surface area contributed by atoms with E-state index >= 15 is 0 Å². The third-order valence-electron chi connectivity index (χ3n) is 5.06. The highest BCUT2D eigenvalue weighted by Crippen LogP contribution is 2.42. The summed E-state index contributed by atoms with van der Waals surface area (Å²) >= 11 is 0. The van der Waals surface area contributed by atoms with E-state index in [4.69, 9.17) is 30.8 Å². The van der Waals surface area contributed by atoms with Gasteiger partial charge in [0.15, 0.2) is 5.84 Å². The maximum Gasteiger partial charge on any atom is 0.521 e. The van der Waals surface area contributed by atoms with E-state index in [1.165, 1.54) is 12.0 Å². The first-order valence-corrected chi connectivity index (χ1v) is 11.0. The lowest BCUT2D eigenvalue weighted by Gasteiger charge is -2.40. The molecule has 4 rings (SSSR count). The van der Waals surface area contributed by atoms with Gasteiger partial charge in [-0.1, -0.05) is 62.7 Å².